The Balaban J connectivity index is 0.00000121. The molecule has 0 saturated carbocycles. The maximum atomic E-state index is 11.6. The van der Waals surface area contributed by atoms with Crippen molar-refractivity contribution < 1.29 is 9.90 Å². The zero-order valence-electron chi connectivity index (χ0n) is 10.9. The molecule has 0 radical (unpaired) electrons. The first kappa shape index (κ1) is 15.7. The highest BCUT2D eigenvalue weighted by Crippen LogP contribution is 2.10. The zero-order chi connectivity index (χ0) is 13.1. The van der Waals surface area contributed by atoms with E-state index < -0.39 is 0 Å². The Morgan fingerprint density at radius 1 is 1.29 bits per heavy atom. The number of nitrogens with one attached hydrogen (secondary N) is 1. The predicted molar refractivity (Wildman–Crippen MR) is 71.9 cm³/mol. The van der Waals surface area contributed by atoms with Gasteiger partial charge in [0.25, 0.3) is 0 Å². The summed E-state index contributed by atoms with van der Waals surface area (Å²) in [6, 6.07) is 9.39. The molecule has 0 aliphatic carbocycles. The monoisotopic (exact) mass is 237 g/mol. The first-order chi connectivity index (χ1) is 8.24. The van der Waals surface area contributed by atoms with Crippen LogP contribution in [0, 0.1) is 5.92 Å². The molecule has 1 aromatic carbocycles. The van der Waals surface area contributed by atoms with Crippen LogP contribution in [0.15, 0.2) is 30.3 Å². The Morgan fingerprint density at radius 2 is 1.88 bits per heavy atom. The quantitative estimate of drug-likeness (QED) is 0.827. The molecule has 3 nitrogen and oxygen atoms in total. The Morgan fingerprint density at radius 3 is 2.41 bits per heavy atom. The summed E-state index contributed by atoms with van der Waals surface area (Å²) in [5, 5.41) is 11.5. The van der Waals surface area contributed by atoms with E-state index in [1.807, 2.05) is 51.1 Å². The van der Waals surface area contributed by atoms with Crippen LogP contribution in [0.3, 0.4) is 0 Å². The molecule has 0 spiro atoms. The molecule has 0 fully saturated rings. The largest absolute Gasteiger partial charge is 0.396 e. The first-order valence-corrected chi connectivity index (χ1v) is 6.21. The minimum atomic E-state index is -0.0580. The molecule has 96 valence electrons. The highest BCUT2D eigenvalue weighted by molar-refractivity contribution is 5.92. The number of carbonyl (C=O) groups is 1. The standard InChI is InChI=1S/C12H17NO2.C2H6/c1-10(6-5-9-14)12(15)13-11-7-3-2-4-8-11;1-2/h2-4,7-8,10,14H,5-6,9H2,1H3,(H,13,15);1-2H3. The van der Waals surface area contributed by atoms with Crippen molar-refractivity contribution in [3.05, 3.63) is 30.3 Å². The van der Waals surface area contributed by atoms with Crippen molar-refractivity contribution in [3.8, 4) is 0 Å². The van der Waals surface area contributed by atoms with Crippen molar-refractivity contribution in [1.82, 2.24) is 0 Å². The van der Waals surface area contributed by atoms with Gasteiger partial charge in [-0.3, -0.25) is 4.79 Å². The van der Waals surface area contributed by atoms with Gasteiger partial charge >= 0.3 is 0 Å². The summed E-state index contributed by atoms with van der Waals surface area (Å²) in [7, 11) is 0. The molecule has 3 heteroatoms. The van der Waals surface area contributed by atoms with Crippen molar-refractivity contribution in [2.75, 3.05) is 11.9 Å². The number of para-hydroxylation sites is 1. The number of hydrogen-bond acceptors (Lipinski definition) is 2. The van der Waals surface area contributed by atoms with E-state index >= 15 is 0 Å². The van der Waals surface area contributed by atoms with Gasteiger partial charge in [-0.2, -0.15) is 0 Å². The summed E-state index contributed by atoms with van der Waals surface area (Å²) < 4.78 is 0. The van der Waals surface area contributed by atoms with Crippen LogP contribution in [-0.4, -0.2) is 17.6 Å². The number of amides is 1. The number of hydrogen-bond donors (Lipinski definition) is 2. The number of aliphatic hydroxyl groups excluding tert-OH is 1. The van der Waals surface area contributed by atoms with Crippen LogP contribution in [0.5, 0.6) is 0 Å². The second kappa shape index (κ2) is 9.85. The van der Waals surface area contributed by atoms with Crippen molar-refractivity contribution in [2.45, 2.75) is 33.6 Å². The lowest BCUT2D eigenvalue weighted by Gasteiger charge is -2.11. The van der Waals surface area contributed by atoms with Crippen LogP contribution in [0.1, 0.15) is 33.6 Å². The Hall–Kier alpha value is -1.35. The van der Waals surface area contributed by atoms with Crippen LogP contribution < -0.4 is 5.32 Å². The van der Waals surface area contributed by atoms with Crippen LogP contribution in [0.2, 0.25) is 0 Å². The predicted octanol–water partition coefficient (Wildman–Crippen LogP) is 3.06. The molecule has 0 saturated heterocycles. The molecule has 2 N–H and O–H groups in total. The average molecular weight is 237 g/mol. The van der Waals surface area contributed by atoms with Gasteiger partial charge in [-0.25, -0.2) is 0 Å². The molecule has 1 aromatic rings. The molecule has 1 unspecified atom stereocenters. The fourth-order valence-corrected chi connectivity index (χ4v) is 1.32. The van der Waals surface area contributed by atoms with Gasteiger partial charge in [0.2, 0.25) is 5.91 Å². The topological polar surface area (TPSA) is 49.3 Å². The van der Waals surface area contributed by atoms with E-state index in [4.69, 9.17) is 5.11 Å². The number of benzene rings is 1. The smallest absolute Gasteiger partial charge is 0.227 e. The summed E-state index contributed by atoms with van der Waals surface area (Å²) in [6.07, 6.45) is 1.39. The van der Waals surface area contributed by atoms with E-state index in [-0.39, 0.29) is 18.4 Å². The summed E-state index contributed by atoms with van der Waals surface area (Å²) in [4.78, 5) is 11.6. The summed E-state index contributed by atoms with van der Waals surface area (Å²) in [5.74, 6) is -0.0491. The molecule has 0 heterocycles. The summed E-state index contributed by atoms with van der Waals surface area (Å²) in [5.41, 5.74) is 0.818. The normalized spacial score (nSPS) is 11.1. The second-order valence-electron chi connectivity index (χ2n) is 3.62. The van der Waals surface area contributed by atoms with Gasteiger partial charge in [-0.15, -0.1) is 0 Å². The third-order valence-corrected chi connectivity index (χ3v) is 2.28. The van der Waals surface area contributed by atoms with Gasteiger partial charge in [-0.05, 0) is 25.0 Å². The molecular formula is C14H23NO2. The molecule has 0 bridgehead atoms. The average Bonchev–Trinajstić information content (AvgIpc) is 2.39. The van der Waals surface area contributed by atoms with Gasteiger partial charge in [0.15, 0.2) is 0 Å². The Kier molecular flexibility index (Phi) is 9.06. The fourth-order valence-electron chi connectivity index (χ4n) is 1.32. The Labute approximate surface area is 104 Å². The lowest BCUT2D eigenvalue weighted by atomic mass is 10.1. The van der Waals surface area contributed by atoms with E-state index in [1.165, 1.54) is 0 Å². The van der Waals surface area contributed by atoms with Crippen molar-refractivity contribution >= 4 is 11.6 Å². The van der Waals surface area contributed by atoms with Gasteiger partial charge < -0.3 is 10.4 Å². The lowest BCUT2D eigenvalue weighted by Crippen LogP contribution is -2.20. The maximum Gasteiger partial charge on any atom is 0.227 e. The van der Waals surface area contributed by atoms with Gasteiger partial charge in [0.1, 0.15) is 0 Å². The molecular weight excluding hydrogens is 214 g/mol. The lowest BCUT2D eigenvalue weighted by molar-refractivity contribution is -0.119. The van der Waals surface area contributed by atoms with Crippen LogP contribution in [0.25, 0.3) is 0 Å². The maximum absolute atomic E-state index is 11.6. The van der Waals surface area contributed by atoms with Gasteiger partial charge in [-0.1, -0.05) is 39.0 Å². The molecule has 0 aromatic heterocycles. The van der Waals surface area contributed by atoms with Crippen LogP contribution in [0.4, 0.5) is 5.69 Å². The SMILES string of the molecule is CC.CC(CCCO)C(=O)Nc1ccccc1. The number of aliphatic hydroxyl groups is 1. The van der Waals surface area contributed by atoms with Crippen LogP contribution in [-0.2, 0) is 4.79 Å². The first-order valence-electron chi connectivity index (χ1n) is 6.21. The molecule has 0 aliphatic heterocycles. The highest BCUT2D eigenvalue weighted by Gasteiger charge is 2.11. The van der Waals surface area contributed by atoms with Crippen molar-refractivity contribution in [2.24, 2.45) is 5.92 Å². The number of carbonyl (C=O) groups excluding carboxylic acids is 1. The number of anilines is 1. The van der Waals surface area contributed by atoms with Crippen molar-refractivity contribution in [1.29, 1.82) is 0 Å². The van der Waals surface area contributed by atoms with E-state index in [0.29, 0.717) is 6.42 Å². The van der Waals surface area contributed by atoms with E-state index in [0.717, 1.165) is 12.1 Å². The third-order valence-electron chi connectivity index (χ3n) is 2.28. The molecule has 0 aliphatic rings. The summed E-state index contributed by atoms with van der Waals surface area (Å²) in [6.45, 7) is 6.01. The highest BCUT2D eigenvalue weighted by atomic mass is 16.3. The minimum absolute atomic E-state index is 0.00894. The van der Waals surface area contributed by atoms with E-state index in [1.54, 1.807) is 0 Å². The molecule has 1 rings (SSSR count). The molecule has 1 amide bonds. The van der Waals surface area contributed by atoms with E-state index in [2.05, 4.69) is 5.32 Å². The zero-order valence-corrected chi connectivity index (χ0v) is 10.9. The van der Waals surface area contributed by atoms with Gasteiger partial charge in [0, 0.05) is 18.2 Å². The number of rotatable bonds is 5. The van der Waals surface area contributed by atoms with Gasteiger partial charge in [0.05, 0.1) is 0 Å². The Bertz CT molecular complexity index is 298. The van der Waals surface area contributed by atoms with Crippen molar-refractivity contribution in [3.63, 3.8) is 0 Å². The second-order valence-corrected chi connectivity index (χ2v) is 3.62. The minimum Gasteiger partial charge on any atom is -0.396 e. The van der Waals surface area contributed by atoms with Crippen LogP contribution >= 0.6 is 0 Å². The molecule has 17 heavy (non-hydrogen) atoms. The third kappa shape index (κ3) is 6.74. The fraction of sp³-hybridized carbons (Fsp3) is 0.500. The molecule has 1 atom stereocenters. The summed E-state index contributed by atoms with van der Waals surface area (Å²) >= 11 is 0. The van der Waals surface area contributed by atoms with E-state index in [9.17, 15) is 4.79 Å².